The quantitative estimate of drug-likeness (QED) is 0.718. The number of carbonyl (C=O) groups excluding carboxylic acids is 1. The molecular weight excluding hydrogens is 360 g/mol. The molecular formula is C22H35ClN2O2. The fourth-order valence-electron chi connectivity index (χ4n) is 4.25. The van der Waals surface area contributed by atoms with Gasteiger partial charge in [-0.3, -0.25) is 4.79 Å². The summed E-state index contributed by atoms with van der Waals surface area (Å²) in [6.45, 7) is 8.77. The molecule has 0 saturated carbocycles. The molecule has 0 aromatic heterocycles. The molecule has 2 heterocycles. The van der Waals surface area contributed by atoms with E-state index in [1.54, 1.807) is 0 Å². The van der Waals surface area contributed by atoms with E-state index < -0.39 is 0 Å². The predicted molar refractivity (Wildman–Crippen MR) is 113 cm³/mol. The van der Waals surface area contributed by atoms with Crippen molar-refractivity contribution < 1.29 is 9.53 Å². The van der Waals surface area contributed by atoms with Gasteiger partial charge < -0.3 is 14.5 Å². The highest BCUT2D eigenvalue weighted by atomic mass is 35.5. The first-order valence-electron chi connectivity index (χ1n) is 10.4. The van der Waals surface area contributed by atoms with E-state index in [0.29, 0.717) is 6.04 Å². The van der Waals surface area contributed by atoms with Crippen LogP contribution in [0.15, 0.2) is 18.2 Å². The largest absolute Gasteiger partial charge is 0.483 e. The third-order valence-corrected chi connectivity index (χ3v) is 6.08. The molecule has 2 fully saturated rings. The lowest BCUT2D eigenvalue weighted by Gasteiger charge is -2.37. The van der Waals surface area contributed by atoms with Crippen molar-refractivity contribution >= 4 is 18.3 Å². The predicted octanol–water partition coefficient (Wildman–Crippen LogP) is 4.36. The van der Waals surface area contributed by atoms with Gasteiger partial charge in [-0.05, 0) is 82.7 Å². The number of hydrogen-bond donors (Lipinski definition) is 0. The zero-order valence-electron chi connectivity index (χ0n) is 16.9. The zero-order chi connectivity index (χ0) is 18.4. The van der Waals surface area contributed by atoms with Gasteiger partial charge >= 0.3 is 0 Å². The van der Waals surface area contributed by atoms with Crippen LogP contribution in [0.4, 0.5) is 0 Å². The number of hydrogen-bond acceptors (Lipinski definition) is 3. The minimum atomic E-state index is 0. The molecule has 2 saturated heterocycles. The van der Waals surface area contributed by atoms with Crippen molar-refractivity contribution in [2.75, 3.05) is 32.8 Å². The van der Waals surface area contributed by atoms with E-state index in [1.165, 1.54) is 44.3 Å². The zero-order valence-corrected chi connectivity index (χ0v) is 17.7. The third kappa shape index (κ3) is 6.11. The molecule has 4 nitrogen and oxygen atoms in total. The number of likely N-dealkylation sites (tertiary alicyclic amines) is 2. The van der Waals surface area contributed by atoms with E-state index in [0.717, 1.165) is 43.7 Å². The summed E-state index contributed by atoms with van der Waals surface area (Å²) in [4.78, 5) is 17.5. The molecule has 1 amide bonds. The highest BCUT2D eigenvalue weighted by molar-refractivity contribution is 5.85. The molecule has 27 heavy (non-hydrogen) atoms. The molecule has 2 aliphatic rings. The van der Waals surface area contributed by atoms with Gasteiger partial charge in [0.05, 0.1) is 0 Å². The maximum Gasteiger partial charge on any atom is 0.260 e. The molecule has 1 atom stereocenters. The van der Waals surface area contributed by atoms with Gasteiger partial charge in [-0.15, -0.1) is 12.4 Å². The SMILES string of the molecule is Cc1cccc(OCC(=O)N2CCCCC2CCN2CCCCC2)c1C.Cl. The summed E-state index contributed by atoms with van der Waals surface area (Å²) in [6, 6.07) is 6.41. The molecule has 0 spiro atoms. The van der Waals surface area contributed by atoms with E-state index in [9.17, 15) is 4.79 Å². The molecule has 1 unspecified atom stereocenters. The molecule has 0 bridgehead atoms. The van der Waals surface area contributed by atoms with Crippen molar-refractivity contribution in [2.24, 2.45) is 0 Å². The van der Waals surface area contributed by atoms with Crippen LogP contribution in [-0.2, 0) is 4.79 Å². The topological polar surface area (TPSA) is 32.8 Å². The fourth-order valence-corrected chi connectivity index (χ4v) is 4.25. The smallest absolute Gasteiger partial charge is 0.260 e. The van der Waals surface area contributed by atoms with Crippen LogP contribution >= 0.6 is 12.4 Å². The molecule has 3 rings (SSSR count). The van der Waals surface area contributed by atoms with Crippen LogP contribution in [-0.4, -0.2) is 54.5 Å². The van der Waals surface area contributed by atoms with Gasteiger partial charge in [-0.1, -0.05) is 18.6 Å². The van der Waals surface area contributed by atoms with Crippen molar-refractivity contribution in [1.29, 1.82) is 0 Å². The van der Waals surface area contributed by atoms with Crippen molar-refractivity contribution in [2.45, 2.75) is 64.8 Å². The molecule has 0 N–H and O–H groups in total. The Morgan fingerprint density at radius 1 is 1.07 bits per heavy atom. The Balaban J connectivity index is 0.00000261. The number of piperidine rings is 2. The minimum Gasteiger partial charge on any atom is -0.483 e. The lowest BCUT2D eigenvalue weighted by molar-refractivity contribution is -0.137. The number of amides is 1. The minimum absolute atomic E-state index is 0. The van der Waals surface area contributed by atoms with Crippen LogP contribution in [0.3, 0.4) is 0 Å². The van der Waals surface area contributed by atoms with E-state index in [4.69, 9.17) is 4.74 Å². The lowest BCUT2D eigenvalue weighted by atomic mass is 9.98. The summed E-state index contributed by atoms with van der Waals surface area (Å²) in [7, 11) is 0. The van der Waals surface area contributed by atoms with Gasteiger partial charge in [0.1, 0.15) is 5.75 Å². The first-order chi connectivity index (χ1) is 12.6. The monoisotopic (exact) mass is 394 g/mol. The molecule has 5 heteroatoms. The first-order valence-corrected chi connectivity index (χ1v) is 10.4. The van der Waals surface area contributed by atoms with Crippen molar-refractivity contribution in [1.82, 2.24) is 9.80 Å². The normalized spacial score (nSPS) is 20.8. The van der Waals surface area contributed by atoms with Crippen molar-refractivity contribution in [3.63, 3.8) is 0 Å². The van der Waals surface area contributed by atoms with Crippen LogP contribution in [0, 0.1) is 13.8 Å². The summed E-state index contributed by atoms with van der Waals surface area (Å²) < 4.78 is 5.87. The summed E-state index contributed by atoms with van der Waals surface area (Å²) in [5, 5.41) is 0. The maximum atomic E-state index is 12.8. The summed E-state index contributed by atoms with van der Waals surface area (Å²) in [5.74, 6) is 0.981. The van der Waals surface area contributed by atoms with E-state index in [2.05, 4.69) is 29.7 Å². The van der Waals surface area contributed by atoms with E-state index in [1.807, 2.05) is 12.1 Å². The number of rotatable bonds is 6. The van der Waals surface area contributed by atoms with Crippen molar-refractivity contribution in [3.8, 4) is 5.75 Å². The number of halogens is 1. The molecule has 2 aliphatic heterocycles. The second-order valence-electron chi connectivity index (χ2n) is 7.91. The number of ether oxygens (including phenoxy) is 1. The Hall–Kier alpha value is -1.26. The number of nitrogens with zero attached hydrogens (tertiary/aromatic N) is 2. The van der Waals surface area contributed by atoms with Gasteiger partial charge in [0, 0.05) is 19.1 Å². The van der Waals surface area contributed by atoms with Crippen LogP contribution < -0.4 is 4.74 Å². The highest BCUT2D eigenvalue weighted by Crippen LogP contribution is 2.23. The highest BCUT2D eigenvalue weighted by Gasteiger charge is 2.27. The fraction of sp³-hybridized carbons (Fsp3) is 0.682. The number of aryl methyl sites for hydroxylation is 1. The Morgan fingerprint density at radius 2 is 1.81 bits per heavy atom. The van der Waals surface area contributed by atoms with Gasteiger partial charge in [-0.2, -0.15) is 0 Å². The molecule has 152 valence electrons. The Kier molecular flexibility index (Phi) is 8.91. The molecule has 0 aliphatic carbocycles. The summed E-state index contributed by atoms with van der Waals surface area (Å²) in [5.41, 5.74) is 2.33. The summed E-state index contributed by atoms with van der Waals surface area (Å²) >= 11 is 0. The maximum absolute atomic E-state index is 12.8. The third-order valence-electron chi connectivity index (χ3n) is 6.08. The Morgan fingerprint density at radius 3 is 2.59 bits per heavy atom. The molecule has 0 radical (unpaired) electrons. The van der Waals surface area contributed by atoms with Gasteiger partial charge in [0.2, 0.25) is 0 Å². The lowest BCUT2D eigenvalue weighted by Crippen LogP contribution is -2.47. The summed E-state index contributed by atoms with van der Waals surface area (Å²) in [6.07, 6.45) is 8.65. The molecule has 1 aromatic rings. The van der Waals surface area contributed by atoms with Crippen LogP contribution in [0.25, 0.3) is 0 Å². The van der Waals surface area contributed by atoms with Gasteiger partial charge in [-0.25, -0.2) is 0 Å². The van der Waals surface area contributed by atoms with Crippen LogP contribution in [0.2, 0.25) is 0 Å². The second kappa shape index (κ2) is 10.9. The van der Waals surface area contributed by atoms with Crippen LogP contribution in [0.1, 0.15) is 56.1 Å². The van der Waals surface area contributed by atoms with Crippen LogP contribution in [0.5, 0.6) is 5.75 Å². The average Bonchev–Trinajstić information content (AvgIpc) is 2.68. The Bertz CT molecular complexity index is 602. The number of benzene rings is 1. The molecule has 1 aromatic carbocycles. The van der Waals surface area contributed by atoms with E-state index in [-0.39, 0.29) is 24.9 Å². The van der Waals surface area contributed by atoms with Gasteiger partial charge in [0.25, 0.3) is 5.91 Å². The second-order valence-corrected chi connectivity index (χ2v) is 7.91. The van der Waals surface area contributed by atoms with Crippen molar-refractivity contribution in [3.05, 3.63) is 29.3 Å². The Labute approximate surface area is 170 Å². The first kappa shape index (κ1) is 22.0. The van der Waals surface area contributed by atoms with Gasteiger partial charge in [0.15, 0.2) is 6.61 Å². The standard InChI is InChI=1S/C22H34N2O2.ClH/c1-18-9-8-11-21(19(18)2)26-17-22(25)24-15-7-4-10-20(24)12-16-23-13-5-3-6-14-23;/h8-9,11,20H,3-7,10,12-17H2,1-2H3;1H. The average molecular weight is 395 g/mol. The van der Waals surface area contributed by atoms with E-state index >= 15 is 0 Å². The number of carbonyl (C=O) groups is 1.